The normalized spacial score (nSPS) is 22.3. The standard InChI is InChI=1S/C16H22BrN3/c1-2-9-20(14-6-4-13(19)5-7-14)16-8-3-12(11-18)10-15(16)17/h3,8,10,13-14H,2,4-7,9,19H2,1H3. The molecule has 0 atom stereocenters. The monoisotopic (exact) mass is 335 g/mol. The van der Waals surface area contributed by atoms with Crippen LogP contribution in [0.2, 0.25) is 0 Å². The fourth-order valence-electron chi connectivity index (χ4n) is 2.96. The Morgan fingerprint density at radius 2 is 2.05 bits per heavy atom. The lowest BCUT2D eigenvalue weighted by molar-refractivity contribution is 0.375. The van der Waals surface area contributed by atoms with Crippen LogP contribution < -0.4 is 10.6 Å². The lowest BCUT2D eigenvalue weighted by Crippen LogP contribution is -2.41. The van der Waals surface area contributed by atoms with Crippen LogP contribution in [0.4, 0.5) is 5.69 Å². The fraction of sp³-hybridized carbons (Fsp3) is 0.562. The summed E-state index contributed by atoms with van der Waals surface area (Å²) < 4.78 is 1.01. The molecule has 2 N–H and O–H groups in total. The van der Waals surface area contributed by atoms with Gasteiger partial charge in [0.25, 0.3) is 0 Å². The van der Waals surface area contributed by atoms with Crippen LogP contribution in [0.15, 0.2) is 22.7 Å². The second-order valence-electron chi connectivity index (χ2n) is 5.54. The molecule has 0 bridgehead atoms. The van der Waals surface area contributed by atoms with E-state index in [-0.39, 0.29) is 0 Å². The van der Waals surface area contributed by atoms with Gasteiger partial charge < -0.3 is 10.6 Å². The van der Waals surface area contributed by atoms with Crippen LogP contribution in [0.25, 0.3) is 0 Å². The van der Waals surface area contributed by atoms with Crippen molar-refractivity contribution in [3.05, 3.63) is 28.2 Å². The minimum absolute atomic E-state index is 0.374. The van der Waals surface area contributed by atoms with E-state index in [4.69, 9.17) is 11.0 Å². The Hall–Kier alpha value is -1.05. The molecule has 1 aromatic rings. The fourth-order valence-corrected chi connectivity index (χ4v) is 3.57. The van der Waals surface area contributed by atoms with Gasteiger partial charge in [-0.05, 0) is 66.2 Å². The SMILES string of the molecule is CCCN(c1ccc(C#N)cc1Br)C1CCC(N)CC1. The van der Waals surface area contributed by atoms with Gasteiger partial charge in [0.1, 0.15) is 0 Å². The highest BCUT2D eigenvalue weighted by Crippen LogP contribution is 2.33. The van der Waals surface area contributed by atoms with Gasteiger partial charge in [0.05, 0.1) is 17.3 Å². The van der Waals surface area contributed by atoms with Gasteiger partial charge in [-0.25, -0.2) is 0 Å². The van der Waals surface area contributed by atoms with Crippen LogP contribution in [-0.2, 0) is 0 Å². The van der Waals surface area contributed by atoms with E-state index < -0.39 is 0 Å². The molecule has 0 saturated heterocycles. The van der Waals surface area contributed by atoms with E-state index in [1.165, 1.54) is 5.69 Å². The van der Waals surface area contributed by atoms with Gasteiger partial charge in [0.15, 0.2) is 0 Å². The van der Waals surface area contributed by atoms with E-state index in [9.17, 15) is 0 Å². The molecule has 3 nitrogen and oxygen atoms in total. The van der Waals surface area contributed by atoms with Gasteiger partial charge in [-0.15, -0.1) is 0 Å². The number of nitrogens with zero attached hydrogens (tertiary/aromatic N) is 2. The van der Waals surface area contributed by atoms with E-state index in [0.29, 0.717) is 17.6 Å². The molecule has 0 heterocycles. The first-order chi connectivity index (χ1) is 9.65. The molecule has 0 spiro atoms. The largest absolute Gasteiger partial charge is 0.368 e. The number of halogens is 1. The molecule has 0 aliphatic heterocycles. The van der Waals surface area contributed by atoms with Crippen molar-refractivity contribution in [1.29, 1.82) is 5.26 Å². The van der Waals surface area contributed by atoms with Crippen LogP contribution in [0.3, 0.4) is 0 Å². The highest BCUT2D eigenvalue weighted by molar-refractivity contribution is 9.10. The molecule has 1 aliphatic carbocycles. The zero-order valence-corrected chi connectivity index (χ0v) is 13.6. The van der Waals surface area contributed by atoms with Gasteiger partial charge in [0.2, 0.25) is 0 Å². The summed E-state index contributed by atoms with van der Waals surface area (Å²) in [5.41, 5.74) is 7.91. The Kier molecular flexibility index (Phi) is 5.45. The van der Waals surface area contributed by atoms with Gasteiger partial charge in [-0.3, -0.25) is 0 Å². The topological polar surface area (TPSA) is 53.0 Å². The Morgan fingerprint density at radius 1 is 1.35 bits per heavy atom. The lowest BCUT2D eigenvalue weighted by Gasteiger charge is -2.38. The Labute approximate surface area is 129 Å². The third-order valence-electron chi connectivity index (χ3n) is 4.03. The summed E-state index contributed by atoms with van der Waals surface area (Å²) in [6, 6.07) is 9.00. The molecule has 2 rings (SSSR count). The van der Waals surface area contributed by atoms with Crippen LogP contribution in [0, 0.1) is 11.3 Å². The summed E-state index contributed by atoms with van der Waals surface area (Å²) in [5, 5.41) is 8.97. The van der Waals surface area contributed by atoms with E-state index in [2.05, 4.69) is 39.9 Å². The number of hydrogen-bond acceptors (Lipinski definition) is 3. The Balaban J connectivity index is 2.22. The maximum atomic E-state index is 8.97. The molecule has 0 unspecified atom stereocenters. The van der Waals surface area contributed by atoms with Crippen molar-refractivity contribution in [2.75, 3.05) is 11.4 Å². The van der Waals surface area contributed by atoms with E-state index in [1.54, 1.807) is 0 Å². The first-order valence-electron chi connectivity index (χ1n) is 7.37. The average Bonchev–Trinajstić information content (AvgIpc) is 2.46. The zero-order chi connectivity index (χ0) is 14.5. The quantitative estimate of drug-likeness (QED) is 0.910. The van der Waals surface area contributed by atoms with Crippen molar-refractivity contribution in [2.45, 2.75) is 51.1 Å². The minimum Gasteiger partial charge on any atom is -0.368 e. The molecule has 1 aliphatic rings. The molecule has 108 valence electrons. The van der Waals surface area contributed by atoms with E-state index in [1.807, 2.05) is 12.1 Å². The highest BCUT2D eigenvalue weighted by Gasteiger charge is 2.25. The maximum Gasteiger partial charge on any atom is 0.0992 e. The highest BCUT2D eigenvalue weighted by atomic mass is 79.9. The Bertz CT molecular complexity index is 487. The molecule has 0 radical (unpaired) electrons. The van der Waals surface area contributed by atoms with Gasteiger partial charge in [-0.2, -0.15) is 5.26 Å². The van der Waals surface area contributed by atoms with Crippen LogP contribution >= 0.6 is 15.9 Å². The van der Waals surface area contributed by atoms with Crippen LogP contribution in [-0.4, -0.2) is 18.6 Å². The summed E-state index contributed by atoms with van der Waals surface area (Å²) in [7, 11) is 0. The molecule has 0 amide bonds. The number of hydrogen-bond donors (Lipinski definition) is 1. The molecule has 1 aromatic carbocycles. The van der Waals surface area contributed by atoms with Crippen molar-refractivity contribution >= 4 is 21.6 Å². The summed E-state index contributed by atoms with van der Waals surface area (Å²) in [5.74, 6) is 0. The average molecular weight is 336 g/mol. The van der Waals surface area contributed by atoms with Crippen LogP contribution in [0.1, 0.15) is 44.6 Å². The van der Waals surface area contributed by atoms with Crippen molar-refractivity contribution in [3.8, 4) is 6.07 Å². The lowest BCUT2D eigenvalue weighted by atomic mass is 9.90. The van der Waals surface area contributed by atoms with Gasteiger partial charge in [-0.1, -0.05) is 6.92 Å². The van der Waals surface area contributed by atoms with Gasteiger partial charge >= 0.3 is 0 Å². The number of anilines is 1. The van der Waals surface area contributed by atoms with Gasteiger partial charge in [0, 0.05) is 23.1 Å². The molecule has 20 heavy (non-hydrogen) atoms. The molecular weight excluding hydrogens is 314 g/mol. The molecule has 1 saturated carbocycles. The van der Waals surface area contributed by atoms with Crippen molar-refractivity contribution in [1.82, 2.24) is 0 Å². The third-order valence-corrected chi connectivity index (χ3v) is 4.67. The first kappa shape index (κ1) is 15.3. The predicted molar refractivity (Wildman–Crippen MR) is 86.7 cm³/mol. The summed E-state index contributed by atoms with van der Waals surface area (Å²) in [6.07, 6.45) is 5.66. The molecular formula is C16H22BrN3. The first-order valence-corrected chi connectivity index (χ1v) is 8.17. The van der Waals surface area contributed by atoms with E-state index in [0.717, 1.165) is 43.1 Å². The molecule has 4 heteroatoms. The second-order valence-corrected chi connectivity index (χ2v) is 6.39. The van der Waals surface area contributed by atoms with Crippen molar-refractivity contribution in [2.24, 2.45) is 5.73 Å². The predicted octanol–water partition coefficient (Wildman–Crippen LogP) is 3.81. The molecule has 0 aromatic heterocycles. The van der Waals surface area contributed by atoms with Crippen LogP contribution in [0.5, 0.6) is 0 Å². The Morgan fingerprint density at radius 3 is 2.60 bits per heavy atom. The zero-order valence-electron chi connectivity index (χ0n) is 12.0. The number of benzene rings is 1. The third kappa shape index (κ3) is 3.53. The van der Waals surface area contributed by atoms with E-state index >= 15 is 0 Å². The second kappa shape index (κ2) is 7.10. The number of rotatable bonds is 4. The minimum atomic E-state index is 0.374. The molecule has 1 fully saturated rings. The summed E-state index contributed by atoms with van der Waals surface area (Å²) in [4.78, 5) is 2.48. The number of nitriles is 1. The van der Waals surface area contributed by atoms with Crippen molar-refractivity contribution in [3.63, 3.8) is 0 Å². The summed E-state index contributed by atoms with van der Waals surface area (Å²) in [6.45, 7) is 3.25. The smallest absolute Gasteiger partial charge is 0.0992 e. The number of nitrogens with two attached hydrogens (primary N) is 1. The van der Waals surface area contributed by atoms with Crippen molar-refractivity contribution < 1.29 is 0 Å². The summed E-state index contributed by atoms with van der Waals surface area (Å²) >= 11 is 3.62. The maximum absolute atomic E-state index is 8.97.